The summed E-state index contributed by atoms with van der Waals surface area (Å²) in [4.78, 5) is 30.1. The summed E-state index contributed by atoms with van der Waals surface area (Å²) in [6, 6.07) is 13.2. The van der Waals surface area contributed by atoms with Crippen molar-refractivity contribution in [3.8, 4) is 5.75 Å². The summed E-state index contributed by atoms with van der Waals surface area (Å²) in [6.45, 7) is 5.00. The van der Waals surface area contributed by atoms with Crippen molar-refractivity contribution in [2.24, 2.45) is 22.1 Å². The SMILES string of the molecule is COC[C@H]1Cn2cc(C(=O)N[S@@]3(=O)=NC(=O)c4ccc5c(c4)N(C[C@@H]4CC[C@H]4[C@@H](O)/C=C/C[C@H](C)C3)C[C@@]3(CCCc4cc(Cl)ccc43)CO5)cc2CO1. The van der Waals surface area contributed by atoms with Crippen molar-refractivity contribution in [1.82, 2.24) is 9.29 Å². The fraction of sp³-hybridized carbons (Fsp3) is 0.512. The second-order valence-electron chi connectivity index (χ2n) is 15.9. The molecule has 2 aromatic carbocycles. The molecule has 7 atom stereocenters. The smallest absolute Gasteiger partial charge is 0.286 e. The zero-order valence-electron chi connectivity index (χ0n) is 30.9. The van der Waals surface area contributed by atoms with Gasteiger partial charge < -0.3 is 28.8 Å². The normalized spacial score (nSPS) is 31.4. The van der Waals surface area contributed by atoms with Crippen LogP contribution in [0.4, 0.5) is 5.69 Å². The van der Waals surface area contributed by atoms with Crippen LogP contribution in [0.5, 0.6) is 5.75 Å². The lowest BCUT2D eigenvalue weighted by molar-refractivity contribution is -0.0382. The van der Waals surface area contributed by atoms with Crippen LogP contribution < -0.4 is 14.4 Å². The molecule has 1 fully saturated rings. The number of hydrogen-bond donors (Lipinski definition) is 2. The van der Waals surface area contributed by atoms with Gasteiger partial charge in [0.2, 0.25) is 0 Å². The average molecular weight is 777 g/mol. The van der Waals surface area contributed by atoms with E-state index in [1.165, 1.54) is 11.1 Å². The van der Waals surface area contributed by atoms with Gasteiger partial charge in [-0.05, 0) is 104 Å². The van der Waals surface area contributed by atoms with E-state index in [-0.39, 0.29) is 40.6 Å². The molecule has 5 aliphatic rings. The van der Waals surface area contributed by atoms with Gasteiger partial charge in [0, 0.05) is 48.1 Å². The summed E-state index contributed by atoms with van der Waals surface area (Å²) in [5.41, 5.74) is 4.36. The van der Waals surface area contributed by atoms with E-state index in [0.29, 0.717) is 57.2 Å². The third-order valence-corrected chi connectivity index (χ3v) is 14.2. The second-order valence-corrected chi connectivity index (χ2v) is 18.4. The Morgan fingerprint density at radius 2 is 2.06 bits per heavy atom. The highest BCUT2D eigenvalue weighted by Gasteiger charge is 2.44. The van der Waals surface area contributed by atoms with Crippen molar-refractivity contribution in [2.45, 2.75) is 76.2 Å². The minimum absolute atomic E-state index is 0.0460. The number of aliphatic hydroxyl groups is 1. The first-order chi connectivity index (χ1) is 26.0. The molecule has 1 aromatic heterocycles. The molecule has 0 radical (unpaired) electrons. The monoisotopic (exact) mass is 776 g/mol. The molecule has 2 bridgehead atoms. The highest BCUT2D eigenvalue weighted by atomic mass is 35.5. The number of rotatable bonds is 4. The van der Waals surface area contributed by atoms with Gasteiger partial charge in [0.05, 0.1) is 55.6 Å². The standard InChI is InChI=1S/C41H49ClN4O7S/c1-26-5-3-7-37(47)34-11-8-29(34)18-46-24-41(14-4-6-27-15-31(42)10-12-35(27)41)25-53-38-13-9-28(17-36(38)46)39(48)43-54(50,23-26)44-40(49)30-16-32-21-52-33(22-51-2)20-45(32)19-30/h3,7,9-10,12-13,15-17,19,26,29,33-34,37,47H,4-6,8,11,14,18,20-25H2,1-2H3,(H,43,44,48,49,50)/b7-3+/t26-,29-,33+,34+,37-,41-,54-/m0/s1. The van der Waals surface area contributed by atoms with Crippen LogP contribution in [0.1, 0.15) is 76.6 Å². The molecule has 4 heterocycles. The lowest BCUT2D eigenvalue weighted by Gasteiger charge is -2.45. The largest absolute Gasteiger partial charge is 0.490 e. The Labute approximate surface area is 322 Å². The van der Waals surface area contributed by atoms with E-state index in [0.717, 1.165) is 48.5 Å². The fourth-order valence-corrected chi connectivity index (χ4v) is 11.2. The van der Waals surface area contributed by atoms with Gasteiger partial charge in [0.1, 0.15) is 15.7 Å². The number of benzene rings is 2. The summed E-state index contributed by atoms with van der Waals surface area (Å²) in [5.74, 6) is -0.494. The summed E-state index contributed by atoms with van der Waals surface area (Å²) in [5, 5.41) is 12.1. The number of allylic oxidation sites excluding steroid dienone is 1. The second kappa shape index (κ2) is 15.1. The molecule has 0 saturated heterocycles. The molecule has 2 N–H and O–H groups in total. The van der Waals surface area contributed by atoms with Crippen LogP contribution in [0.15, 0.2) is 65.2 Å². The third-order valence-electron chi connectivity index (χ3n) is 12.0. The topological polar surface area (TPSA) is 132 Å². The van der Waals surface area contributed by atoms with E-state index in [1.54, 1.807) is 31.5 Å². The van der Waals surface area contributed by atoms with Crippen LogP contribution in [-0.4, -0.2) is 77.1 Å². The van der Waals surface area contributed by atoms with Crippen LogP contribution in [-0.2, 0) is 44.4 Å². The fourth-order valence-electron chi connectivity index (χ4n) is 9.07. The number of hydrogen-bond acceptors (Lipinski definition) is 8. The van der Waals surface area contributed by atoms with Crippen LogP contribution in [0, 0.1) is 17.8 Å². The first kappa shape index (κ1) is 37.3. The van der Waals surface area contributed by atoms with Crippen LogP contribution in [0.25, 0.3) is 0 Å². The molecule has 288 valence electrons. The minimum atomic E-state index is -3.59. The van der Waals surface area contributed by atoms with Gasteiger partial charge in [-0.15, -0.1) is 4.36 Å². The van der Waals surface area contributed by atoms with Gasteiger partial charge in [0.15, 0.2) is 0 Å². The van der Waals surface area contributed by atoms with E-state index < -0.39 is 27.8 Å². The number of ether oxygens (including phenoxy) is 3. The number of methoxy groups -OCH3 is 1. The molecule has 1 saturated carbocycles. The molecule has 2 amide bonds. The van der Waals surface area contributed by atoms with E-state index in [9.17, 15) is 18.9 Å². The van der Waals surface area contributed by atoms with Crippen molar-refractivity contribution >= 4 is 39.0 Å². The Hall–Kier alpha value is -3.68. The maximum Gasteiger partial charge on any atom is 0.286 e. The molecule has 3 aliphatic heterocycles. The number of carbonyl (C=O) groups is 2. The summed E-state index contributed by atoms with van der Waals surface area (Å²) in [7, 11) is -1.98. The van der Waals surface area contributed by atoms with E-state index in [1.807, 2.05) is 35.8 Å². The van der Waals surface area contributed by atoms with Gasteiger partial charge in [-0.3, -0.25) is 14.3 Å². The summed E-state index contributed by atoms with van der Waals surface area (Å²) < 4.78 is 41.3. The van der Waals surface area contributed by atoms with Crippen LogP contribution in [0.3, 0.4) is 0 Å². The van der Waals surface area contributed by atoms with E-state index in [2.05, 4.69) is 26.1 Å². The number of carbonyl (C=O) groups excluding carboxylic acids is 2. The predicted octanol–water partition coefficient (Wildman–Crippen LogP) is 6.10. The number of nitrogens with one attached hydrogen (secondary N) is 1. The van der Waals surface area contributed by atoms with Gasteiger partial charge in [-0.2, -0.15) is 0 Å². The lowest BCUT2D eigenvalue weighted by atomic mass is 9.68. The van der Waals surface area contributed by atoms with Crippen molar-refractivity contribution in [3.05, 3.63) is 93.8 Å². The van der Waals surface area contributed by atoms with E-state index in [4.69, 9.17) is 25.8 Å². The molecule has 54 heavy (non-hydrogen) atoms. The number of aliphatic hydroxyl groups excluding tert-OH is 1. The molecule has 1 spiro atoms. The molecular weight excluding hydrogens is 728 g/mol. The highest BCUT2D eigenvalue weighted by Crippen LogP contribution is 2.47. The van der Waals surface area contributed by atoms with Crippen LogP contribution in [0.2, 0.25) is 5.02 Å². The predicted molar refractivity (Wildman–Crippen MR) is 207 cm³/mol. The number of amides is 2. The summed E-state index contributed by atoms with van der Waals surface area (Å²) in [6.07, 6.45) is 10.1. The van der Waals surface area contributed by atoms with Gasteiger partial charge >= 0.3 is 0 Å². The van der Waals surface area contributed by atoms with Crippen molar-refractivity contribution < 1.29 is 33.1 Å². The molecular formula is C41H49ClN4O7S. The Bertz CT molecular complexity index is 2090. The number of fused-ring (bicyclic) bond motifs is 5. The van der Waals surface area contributed by atoms with Gasteiger partial charge in [-0.1, -0.05) is 36.7 Å². The van der Waals surface area contributed by atoms with Crippen LogP contribution >= 0.6 is 11.6 Å². The van der Waals surface area contributed by atoms with Crippen molar-refractivity contribution in [2.75, 3.05) is 44.1 Å². The zero-order valence-corrected chi connectivity index (χ0v) is 32.4. The molecule has 2 aliphatic carbocycles. The Kier molecular flexibility index (Phi) is 10.4. The molecule has 3 aromatic rings. The number of nitrogens with zero attached hydrogens (tertiary/aromatic N) is 3. The average Bonchev–Trinajstić information content (AvgIpc) is 3.49. The quantitative estimate of drug-likeness (QED) is 0.305. The minimum Gasteiger partial charge on any atom is -0.490 e. The zero-order chi connectivity index (χ0) is 37.6. The van der Waals surface area contributed by atoms with Crippen molar-refractivity contribution in [3.63, 3.8) is 0 Å². The number of aromatic nitrogens is 1. The number of halogens is 1. The Morgan fingerprint density at radius 3 is 2.87 bits per heavy atom. The Morgan fingerprint density at radius 1 is 1.19 bits per heavy atom. The van der Waals surface area contributed by atoms with E-state index >= 15 is 0 Å². The molecule has 11 nitrogen and oxygen atoms in total. The van der Waals surface area contributed by atoms with Gasteiger partial charge in [0.25, 0.3) is 11.8 Å². The molecule has 0 unspecified atom stereocenters. The summed E-state index contributed by atoms with van der Waals surface area (Å²) >= 11 is 6.45. The van der Waals surface area contributed by atoms with Crippen molar-refractivity contribution in [1.29, 1.82) is 0 Å². The number of aryl methyl sites for hydroxylation is 1. The maximum absolute atomic E-state index is 14.7. The molecule has 13 heteroatoms. The molecule has 8 rings (SSSR count). The lowest BCUT2D eigenvalue weighted by Crippen LogP contribution is -2.49. The first-order valence-electron chi connectivity index (χ1n) is 19.1. The first-order valence-corrected chi connectivity index (χ1v) is 21.1. The maximum atomic E-state index is 14.7. The Balaban J connectivity index is 1.15. The number of anilines is 1. The van der Waals surface area contributed by atoms with Gasteiger partial charge in [-0.25, -0.2) is 4.21 Å². The third kappa shape index (κ3) is 7.47. The highest BCUT2D eigenvalue weighted by molar-refractivity contribution is 7.92.